The molecule has 0 amide bonds. The van der Waals surface area contributed by atoms with Crippen LogP contribution in [0.2, 0.25) is 0 Å². The normalized spacial score (nSPS) is 12.6. The van der Waals surface area contributed by atoms with Gasteiger partial charge in [-0.2, -0.15) is 0 Å². The maximum Gasteiger partial charge on any atom is 0.133 e. The van der Waals surface area contributed by atoms with Gasteiger partial charge in [-0.25, -0.2) is 0 Å². The van der Waals surface area contributed by atoms with Gasteiger partial charge in [-0.05, 0) is 12.5 Å². The van der Waals surface area contributed by atoms with E-state index >= 15 is 0 Å². The molecule has 8 heavy (non-hydrogen) atoms. The quantitative estimate of drug-likeness (QED) is 0.419. The molecule has 0 aromatic rings. The largest absolute Gasteiger partial charge is 0.506 e. The molecule has 0 aliphatic carbocycles. The van der Waals surface area contributed by atoms with Crippen LogP contribution in [-0.2, 0) is 0 Å². The Balaban J connectivity index is 4.03. The summed E-state index contributed by atoms with van der Waals surface area (Å²) in [4.78, 5) is 0. The summed E-state index contributed by atoms with van der Waals surface area (Å²) >= 11 is 0. The van der Waals surface area contributed by atoms with Crippen molar-refractivity contribution in [1.29, 1.82) is 0 Å². The summed E-state index contributed by atoms with van der Waals surface area (Å²) in [6.45, 7) is 5.21. The maximum atomic E-state index is 8.76. The van der Waals surface area contributed by atoms with Crippen LogP contribution in [0.3, 0.4) is 0 Å². The topological polar surface area (TPSA) is 46.2 Å². The minimum atomic E-state index is 0.0903. The molecule has 0 saturated carbocycles. The molecule has 0 rings (SSSR count). The number of aliphatic hydroxyl groups excluding tert-OH is 1. The first kappa shape index (κ1) is 7.08. The molecular formula is C6H11NO. The number of rotatable bonds is 2. The van der Waals surface area contributed by atoms with E-state index in [1.165, 1.54) is 6.08 Å². The fourth-order valence-electron chi connectivity index (χ4n) is 0.312. The summed E-state index contributed by atoms with van der Waals surface area (Å²) in [7, 11) is 0. The third-order valence-corrected chi connectivity index (χ3v) is 0.903. The van der Waals surface area contributed by atoms with Gasteiger partial charge in [0.2, 0.25) is 0 Å². The molecule has 2 nitrogen and oxygen atoms in total. The Kier molecular flexibility index (Phi) is 2.77. The molecule has 0 spiro atoms. The molecule has 0 bridgehead atoms. The number of nitrogens with two attached hydrogens (primary N) is 1. The first-order valence-electron chi connectivity index (χ1n) is 2.52. The zero-order valence-electron chi connectivity index (χ0n) is 5.02. The zero-order valence-corrected chi connectivity index (χ0v) is 5.02. The molecule has 0 atom stereocenters. The molecular weight excluding hydrogens is 102 g/mol. The van der Waals surface area contributed by atoms with Crippen molar-refractivity contribution in [1.82, 2.24) is 0 Å². The lowest BCUT2D eigenvalue weighted by molar-refractivity contribution is 0.422. The Morgan fingerprint density at radius 1 is 1.88 bits per heavy atom. The minimum Gasteiger partial charge on any atom is -0.506 e. The lowest BCUT2D eigenvalue weighted by Gasteiger charge is -1.95. The van der Waals surface area contributed by atoms with E-state index < -0.39 is 0 Å². The Bertz CT molecular complexity index is 116. The predicted octanol–water partition coefficient (Wildman–Crippen LogP) is 1.31. The number of allylic oxidation sites excluding steroid dienone is 2. The average Bonchev–Trinajstić information content (AvgIpc) is 1.84. The Labute approximate surface area is 49.3 Å². The lowest BCUT2D eigenvalue weighted by atomic mass is 10.3. The Hall–Kier alpha value is -0.920. The molecule has 0 radical (unpaired) electrons. The molecule has 0 aromatic carbocycles. The van der Waals surface area contributed by atoms with E-state index in [4.69, 9.17) is 10.8 Å². The van der Waals surface area contributed by atoms with E-state index in [-0.39, 0.29) is 5.76 Å². The predicted molar refractivity (Wildman–Crippen MR) is 34.3 cm³/mol. The highest BCUT2D eigenvalue weighted by Gasteiger charge is 1.89. The van der Waals surface area contributed by atoms with Crippen LogP contribution in [0.25, 0.3) is 0 Å². The van der Waals surface area contributed by atoms with Crippen molar-refractivity contribution >= 4 is 0 Å². The summed E-state index contributed by atoms with van der Waals surface area (Å²) in [5.74, 6) is 0.0903. The molecule has 0 heterocycles. The van der Waals surface area contributed by atoms with E-state index in [9.17, 15) is 0 Å². The van der Waals surface area contributed by atoms with Gasteiger partial charge in [-0.1, -0.05) is 13.5 Å². The van der Waals surface area contributed by atoms with Crippen LogP contribution in [0.1, 0.15) is 13.3 Å². The maximum absolute atomic E-state index is 8.76. The molecule has 0 aliphatic rings. The van der Waals surface area contributed by atoms with Gasteiger partial charge in [0.05, 0.1) is 5.70 Å². The summed E-state index contributed by atoms with van der Waals surface area (Å²) in [5.41, 5.74) is 5.77. The van der Waals surface area contributed by atoms with Crippen molar-refractivity contribution in [3.8, 4) is 0 Å². The highest BCUT2D eigenvalue weighted by molar-refractivity contribution is 5.13. The third kappa shape index (κ3) is 1.69. The lowest BCUT2D eigenvalue weighted by Crippen LogP contribution is -1.98. The average molecular weight is 113 g/mol. The second-order valence-electron chi connectivity index (χ2n) is 1.47. The molecule has 46 valence electrons. The molecule has 2 heteroatoms. The van der Waals surface area contributed by atoms with Gasteiger partial charge in [0.1, 0.15) is 5.76 Å². The highest BCUT2D eigenvalue weighted by atomic mass is 16.3. The molecule has 0 saturated heterocycles. The SMILES string of the molecule is C=C/C(O)=C(/N)CC. The second-order valence-corrected chi connectivity index (χ2v) is 1.47. The van der Waals surface area contributed by atoms with Gasteiger partial charge in [0.25, 0.3) is 0 Å². The Morgan fingerprint density at radius 3 is 2.50 bits per heavy atom. The van der Waals surface area contributed by atoms with E-state index in [0.29, 0.717) is 12.1 Å². The van der Waals surface area contributed by atoms with E-state index in [0.717, 1.165) is 0 Å². The van der Waals surface area contributed by atoms with Crippen molar-refractivity contribution in [3.05, 3.63) is 24.1 Å². The van der Waals surface area contributed by atoms with Gasteiger partial charge in [0, 0.05) is 0 Å². The fraction of sp³-hybridized carbons (Fsp3) is 0.333. The van der Waals surface area contributed by atoms with Crippen molar-refractivity contribution in [2.45, 2.75) is 13.3 Å². The van der Waals surface area contributed by atoms with Crippen LogP contribution in [0.15, 0.2) is 24.1 Å². The molecule has 0 aliphatic heterocycles. The van der Waals surface area contributed by atoms with Crippen molar-refractivity contribution in [2.24, 2.45) is 5.73 Å². The van der Waals surface area contributed by atoms with Gasteiger partial charge in [0.15, 0.2) is 0 Å². The smallest absolute Gasteiger partial charge is 0.133 e. The van der Waals surface area contributed by atoms with Crippen LogP contribution in [-0.4, -0.2) is 5.11 Å². The van der Waals surface area contributed by atoms with Crippen LogP contribution in [0, 0.1) is 0 Å². The number of hydrogen-bond donors (Lipinski definition) is 2. The van der Waals surface area contributed by atoms with Crippen LogP contribution in [0.4, 0.5) is 0 Å². The third-order valence-electron chi connectivity index (χ3n) is 0.903. The standard InChI is InChI=1S/C6H11NO/c1-3-5(7)6(8)4-2/h4,8H,2-3,7H2,1H3/b6-5-. The summed E-state index contributed by atoms with van der Waals surface area (Å²) in [6, 6.07) is 0. The molecule has 0 fully saturated rings. The van der Waals surface area contributed by atoms with E-state index in [2.05, 4.69) is 6.58 Å². The number of aliphatic hydroxyl groups is 1. The van der Waals surface area contributed by atoms with Crippen molar-refractivity contribution in [3.63, 3.8) is 0 Å². The van der Waals surface area contributed by atoms with Crippen molar-refractivity contribution < 1.29 is 5.11 Å². The first-order valence-corrected chi connectivity index (χ1v) is 2.52. The van der Waals surface area contributed by atoms with E-state index in [1.807, 2.05) is 6.92 Å². The van der Waals surface area contributed by atoms with Crippen LogP contribution in [0.5, 0.6) is 0 Å². The second kappa shape index (κ2) is 3.13. The minimum absolute atomic E-state index is 0.0903. The molecule has 0 aromatic heterocycles. The van der Waals surface area contributed by atoms with Gasteiger partial charge in [-0.3, -0.25) is 0 Å². The van der Waals surface area contributed by atoms with Gasteiger partial charge >= 0.3 is 0 Å². The zero-order chi connectivity index (χ0) is 6.57. The highest BCUT2D eigenvalue weighted by Crippen LogP contribution is 1.97. The van der Waals surface area contributed by atoms with Gasteiger partial charge < -0.3 is 10.8 Å². The summed E-state index contributed by atoms with van der Waals surface area (Å²) in [6.07, 6.45) is 2.00. The fourth-order valence-corrected chi connectivity index (χ4v) is 0.312. The number of hydrogen-bond acceptors (Lipinski definition) is 2. The monoisotopic (exact) mass is 113 g/mol. The molecule has 3 N–H and O–H groups in total. The van der Waals surface area contributed by atoms with E-state index in [1.54, 1.807) is 0 Å². The summed E-state index contributed by atoms with van der Waals surface area (Å²) in [5, 5.41) is 8.76. The van der Waals surface area contributed by atoms with Crippen molar-refractivity contribution in [2.75, 3.05) is 0 Å². The van der Waals surface area contributed by atoms with Crippen LogP contribution < -0.4 is 5.73 Å². The summed E-state index contributed by atoms with van der Waals surface area (Å²) < 4.78 is 0. The first-order chi connectivity index (χ1) is 3.72. The Morgan fingerprint density at radius 2 is 2.38 bits per heavy atom. The van der Waals surface area contributed by atoms with Gasteiger partial charge in [-0.15, -0.1) is 0 Å². The van der Waals surface area contributed by atoms with Crippen LogP contribution >= 0.6 is 0 Å². The molecule has 0 unspecified atom stereocenters.